The van der Waals surface area contributed by atoms with Gasteiger partial charge in [-0.15, -0.1) is 0 Å². The van der Waals surface area contributed by atoms with E-state index < -0.39 is 14.8 Å². The zero-order valence-corrected chi connectivity index (χ0v) is 19.3. The molecule has 1 saturated heterocycles. The minimum atomic E-state index is -3.74. The number of sulfonamides is 1. The minimum Gasteiger partial charge on any atom is -0.376 e. The van der Waals surface area contributed by atoms with Crippen molar-refractivity contribution in [3.05, 3.63) is 47.5 Å². The third kappa shape index (κ3) is 4.65. The summed E-state index contributed by atoms with van der Waals surface area (Å²) >= 11 is 0. The van der Waals surface area contributed by atoms with Crippen molar-refractivity contribution in [3.63, 3.8) is 0 Å². The molecule has 2 aliphatic rings. The molecule has 1 aliphatic carbocycles. The van der Waals surface area contributed by atoms with Gasteiger partial charge in [-0.3, -0.25) is 4.79 Å². The molecular formula is C24H35NO4S. The molecule has 0 saturated carbocycles. The summed E-state index contributed by atoms with van der Waals surface area (Å²) in [6.45, 7) is 7.52. The normalized spacial score (nSPS) is 24.2. The number of hydrogen-bond donors (Lipinski definition) is 0. The summed E-state index contributed by atoms with van der Waals surface area (Å²) in [6, 6.07) is 10.0. The van der Waals surface area contributed by atoms with Crippen LogP contribution in [0.4, 0.5) is 0 Å². The zero-order valence-electron chi connectivity index (χ0n) is 18.5. The van der Waals surface area contributed by atoms with Crippen LogP contribution in [-0.4, -0.2) is 36.5 Å². The summed E-state index contributed by atoms with van der Waals surface area (Å²) in [5.74, 6) is -0.262. The van der Waals surface area contributed by atoms with Crippen molar-refractivity contribution in [2.75, 3.05) is 13.2 Å². The molecular weight excluding hydrogens is 398 g/mol. The molecule has 1 atom stereocenters. The van der Waals surface area contributed by atoms with Gasteiger partial charge in [0.2, 0.25) is 15.9 Å². The molecule has 1 aromatic rings. The standard InChI is InChI=1S/C24H35NO4S/c1-4-24(5-2)17-21(13-15-29-18-20-10-7-6-8-11-20)16-23(3,19-24)30(27,28)25-14-9-12-22(25)26/h6-8,10-11,16H,4-5,9,12-15,17-19H2,1-3H3/t23-/m1/s1. The fraction of sp³-hybridized carbons (Fsp3) is 0.625. The third-order valence-electron chi connectivity index (χ3n) is 6.93. The van der Waals surface area contributed by atoms with E-state index >= 15 is 0 Å². The van der Waals surface area contributed by atoms with Crippen molar-refractivity contribution in [1.29, 1.82) is 0 Å². The van der Waals surface area contributed by atoms with Crippen LogP contribution in [0.1, 0.15) is 71.3 Å². The van der Waals surface area contributed by atoms with Crippen LogP contribution in [0.2, 0.25) is 0 Å². The third-order valence-corrected chi connectivity index (χ3v) is 9.33. The smallest absolute Gasteiger partial charge is 0.246 e. The van der Waals surface area contributed by atoms with Gasteiger partial charge in [-0.05, 0) is 43.6 Å². The van der Waals surface area contributed by atoms with E-state index in [9.17, 15) is 13.2 Å². The highest BCUT2D eigenvalue weighted by molar-refractivity contribution is 7.91. The van der Waals surface area contributed by atoms with E-state index in [-0.39, 0.29) is 11.3 Å². The Balaban J connectivity index is 1.78. The number of hydrogen-bond acceptors (Lipinski definition) is 4. The molecule has 6 heteroatoms. The van der Waals surface area contributed by atoms with Gasteiger partial charge in [0.1, 0.15) is 4.75 Å². The number of rotatable bonds is 9. The average Bonchev–Trinajstić information content (AvgIpc) is 3.18. The van der Waals surface area contributed by atoms with Crippen LogP contribution in [0.5, 0.6) is 0 Å². The number of carbonyl (C=O) groups is 1. The predicted octanol–water partition coefficient (Wildman–Crippen LogP) is 4.83. The molecule has 0 spiro atoms. The fourth-order valence-electron chi connectivity index (χ4n) is 5.00. The van der Waals surface area contributed by atoms with Crippen LogP contribution in [0.25, 0.3) is 0 Å². The highest BCUT2D eigenvalue weighted by atomic mass is 32.2. The molecule has 0 bridgehead atoms. The first-order chi connectivity index (χ1) is 14.3. The monoisotopic (exact) mass is 433 g/mol. The Morgan fingerprint density at radius 3 is 2.43 bits per heavy atom. The molecule has 0 radical (unpaired) electrons. The molecule has 1 aliphatic heterocycles. The molecule has 5 nitrogen and oxygen atoms in total. The Morgan fingerprint density at radius 1 is 1.13 bits per heavy atom. The molecule has 1 fully saturated rings. The zero-order chi connectivity index (χ0) is 21.8. The lowest BCUT2D eigenvalue weighted by Gasteiger charge is -2.45. The van der Waals surface area contributed by atoms with Gasteiger partial charge in [0.15, 0.2) is 0 Å². The van der Waals surface area contributed by atoms with Gasteiger partial charge in [0.05, 0.1) is 13.2 Å². The quantitative estimate of drug-likeness (QED) is 0.413. The van der Waals surface area contributed by atoms with Crippen molar-refractivity contribution in [2.45, 2.75) is 77.1 Å². The van der Waals surface area contributed by atoms with Crippen LogP contribution >= 0.6 is 0 Å². The van der Waals surface area contributed by atoms with E-state index in [2.05, 4.69) is 13.8 Å². The lowest BCUT2D eigenvalue weighted by atomic mass is 9.66. The topological polar surface area (TPSA) is 63.7 Å². The molecule has 166 valence electrons. The molecule has 3 rings (SSSR count). The summed E-state index contributed by atoms with van der Waals surface area (Å²) in [6.07, 6.45) is 6.89. The van der Waals surface area contributed by atoms with E-state index in [1.807, 2.05) is 36.4 Å². The number of ether oxygens (including phenoxy) is 1. The Morgan fingerprint density at radius 2 is 1.83 bits per heavy atom. The SMILES string of the molecule is CCC1(CC)CC(CCOCc2ccccc2)=C[C@@](C)(S(=O)(=O)N2CCCC2=O)C1. The minimum absolute atomic E-state index is 0.0614. The van der Waals surface area contributed by atoms with Crippen LogP contribution < -0.4 is 0 Å². The van der Waals surface area contributed by atoms with Crippen molar-refractivity contribution < 1.29 is 17.9 Å². The second kappa shape index (κ2) is 9.23. The average molecular weight is 434 g/mol. The first-order valence-corrected chi connectivity index (χ1v) is 12.6. The molecule has 0 N–H and O–H groups in total. The van der Waals surface area contributed by atoms with Gasteiger partial charge in [-0.1, -0.05) is 68.7 Å². The fourth-order valence-corrected chi connectivity index (χ4v) is 7.03. The first kappa shape index (κ1) is 23.0. The van der Waals surface area contributed by atoms with Crippen LogP contribution in [0.15, 0.2) is 42.0 Å². The predicted molar refractivity (Wildman–Crippen MR) is 119 cm³/mol. The van der Waals surface area contributed by atoms with E-state index in [0.29, 0.717) is 45.4 Å². The lowest BCUT2D eigenvalue weighted by molar-refractivity contribution is -0.123. The lowest BCUT2D eigenvalue weighted by Crippen LogP contribution is -2.50. The largest absolute Gasteiger partial charge is 0.376 e. The van der Waals surface area contributed by atoms with Crippen LogP contribution in [0.3, 0.4) is 0 Å². The van der Waals surface area contributed by atoms with Crippen molar-refractivity contribution in [2.24, 2.45) is 5.41 Å². The van der Waals surface area contributed by atoms with Crippen LogP contribution in [0, 0.1) is 5.41 Å². The van der Waals surface area contributed by atoms with E-state index in [1.165, 1.54) is 0 Å². The number of nitrogens with zero attached hydrogens (tertiary/aromatic N) is 1. The van der Waals surface area contributed by atoms with Gasteiger partial charge >= 0.3 is 0 Å². The summed E-state index contributed by atoms with van der Waals surface area (Å²) in [4.78, 5) is 12.2. The van der Waals surface area contributed by atoms with Crippen molar-refractivity contribution in [3.8, 4) is 0 Å². The molecule has 30 heavy (non-hydrogen) atoms. The Kier molecular flexibility index (Phi) is 7.08. The molecule has 1 heterocycles. The van der Waals surface area contributed by atoms with Gasteiger partial charge in [-0.2, -0.15) is 0 Å². The maximum absolute atomic E-state index is 13.5. The Bertz CT molecular complexity index is 874. The summed E-state index contributed by atoms with van der Waals surface area (Å²) in [5, 5.41) is 0. The summed E-state index contributed by atoms with van der Waals surface area (Å²) in [7, 11) is -3.74. The molecule has 1 amide bonds. The van der Waals surface area contributed by atoms with Gasteiger partial charge in [-0.25, -0.2) is 12.7 Å². The van der Waals surface area contributed by atoms with E-state index in [4.69, 9.17) is 4.74 Å². The second-order valence-electron chi connectivity index (χ2n) is 9.04. The van der Waals surface area contributed by atoms with E-state index in [1.54, 1.807) is 6.92 Å². The maximum atomic E-state index is 13.5. The van der Waals surface area contributed by atoms with Crippen LogP contribution in [-0.2, 0) is 26.2 Å². The van der Waals surface area contributed by atoms with Gasteiger partial charge in [0, 0.05) is 13.0 Å². The summed E-state index contributed by atoms with van der Waals surface area (Å²) < 4.78 is 33.0. The maximum Gasteiger partial charge on any atom is 0.246 e. The molecule has 0 aromatic heterocycles. The van der Waals surface area contributed by atoms with Crippen molar-refractivity contribution in [1.82, 2.24) is 4.31 Å². The summed E-state index contributed by atoms with van der Waals surface area (Å²) in [5.41, 5.74) is 2.20. The van der Waals surface area contributed by atoms with Gasteiger partial charge in [0.25, 0.3) is 0 Å². The molecule has 0 unspecified atom stereocenters. The molecule has 1 aromatic carbocycles. The van der Waals surface area contributed by atoms with Gasteiger partial charge < -0.3 is 4.74 Å². The number of amides is 1. The number of carbonyl (C=O) groups excluding carboxylic acids is 1. The van der Waals surface area contributed by atoms with Crippen molar-refractivity contribution >= 4 is 15.9 Å². The highest BCUT2D eigenvalue weighted by Crippen LogP contribution is 2.50. The number of benzene rings is 1. The Hall–Kier alpha value is -1.66. The van der Waals surface area contributed by atoms with E-state index in [0.717, 1.165) is 34.7 Å². The highest BCUT2D eigenvalue weighted by Gasteiger charge is 2.51. The second-order valence-corrected chi connectivity index (χ2v) is 11.4. The Labute approximate surface area is 181 Å². The first-order valence-electron chi connectivity index (χ1n) is 11.1.